The van der Waals surface area contributed by atoms with Crippen LogP contribution < -0.4 is 4.74 Å². The van der Waals surface area contributed by atoms with Crippen molar-refractivity contribution in [3.05, 3.63) is 59.9 Å². The van der Waals surface area contributed by atoms with E-state index < -0.39 is 111 Å². The number of aliphatic hydroxyl groups is 6. The maximum absolute atomic E-state index is 12.9. The number of hydrogen-bond acceptors (Lipinski definition) is 16. The fraction of sp³-hybridized carbons (Fsp3) is 0.576. The molecule has 1 aliphatic carbocycles. The summed E-state index contributed by atoms with van der Waals surface area (Å²) >= 11 is 0. The summed E-state index contributed by atoms with van der Waals surface area (Å²) in [7, 11) is 1.53. The Bertz CT molecular complexity index is 1380. The fourth-order valence-electron chi connectivity index (χ4n) is 6.24. The highest BCUT2D eigenvalue weighted by molar-refractivity contribution is 5.87. The zero-order chi connectivity index (χ0) is 35.4. The van der Waals surface area contributed by atoms with E-state index in [1.165, 1.54) is 26.4 Å². The molecule has 1 aromatic rings. The molecule has 0 unspecified atom stereocenters. The molecule has 0 amide bonds. The first-order valence-electron chi connectivity index (χ1n) is 15.7. The van der Waals surface area contributed by atoms with Crippen molar-refractivity contribution < 1.29 is 78.1 Å². The van der Waals surface area contributed by atoms with Crippen LogP contribution in [0.2, 0.25) is 0 Å². The molecule has 16 heteroatoms. The Hall–Kier alpha value is -3.42. The van der Waals surface area contributed by atoms with E-state index >= 15 is 0 Å². The third kappa shape index (κ3) is 8.15. The van der Waals surface area contributed by atoms with Crippen molar-refractivity contribution in [1.29, 1.82) is 0 Å². The topological polar surface area (TPSA) is 229 Å². The molecule has 0 bridgehead atoms. The van der Waals surface area contributed by atoms with Gasteiger partial charge in [-0.15, -0.1) is 0 Å². The van der Waals surface area contributed by atoms with Crippen molar-refractivity contribution in [2.75, 3.05) is 20.3 Å². The largest absolute Gasteiger partial charge is 0.497 e. The van der Waals surface area contributed by atoms with Gasteiger partial charge in [-0.2, -0.15) is 0 Å². The van der Waals surface area contributed by atoms with Gasteiger partial charge in [0.1, 0.15) is 36.3 Å². The minimum atomic E-state index is -1.69. The van der Waals surface area contributed by atoms with Crippen LogP contribution in [0.15, 0.2) is 54.3 Å². The summed E-state index contributed by atoms with van der Waals surface area (Å²) in [6.07, 6.45) is -9.01. The van der Waals surface area contributed by atoms with Gasteiger partial charge in [0.05, 0.1) is 44.7 Å². The molecule has 16 nitrogen and oxygen atoms in total. The molecule has 2 fully saturated rings. The molecule has 6 N–H and O–H groups in total. The first kappa shape index (κ1) is 36.9. The van der Waals surface area contributed by atoms with Gasteiger partial charge >= 0.3 is 11.9 Å². The summed E-state index contributed by atoms with van der Waals surface area (Å²) in [6, 6.07) is 6.89. The predicted molar refractivity (Wildman–Crippen MR) is 164 cm³/mol. The second kappa shape index (κ2) is 16.1. The standard InChI is InChI=1S/C33H42O16/c1-15-25(38)29(48-23(37)9-6-17-4-7-19(42-3)8-5-17)30(45-16(2)36)33(44-15)46-21-12-18(13-34)24-20(21)10-11-43-31(24)49-32-28(41)27(40)26(39)22(14-35)47-32/h4-12,15,20-22,24-35,38-41H,13-14H2,1-3H3/t15-,20-,21+,22+,24+,25-,26+,27-,28+,29+,30+,31-,32-,33-/m0/s1. The van der Waals surface area contributed by atoms with Crippen LogP contribution in [0.1, 0.15) is 19.4 Å². The van der Waals surface area contributed by atoms with Crippen LogP contribution in [0.25, 0.3) is 6.08 Å². The van der Waals surface area contributed by atoms with E-state index in [0.717, 1.165) is 13.0 Å². The molecule has 2 saturated heterocycles. The highest BCUT2D eigenvalue weighted by atomic mass is 16.8. The van der Waals surface area contributed by atoms with Crippen molar-refractivity contribution in [3.8, 4) is 5.75 Å². The number of esters is 2. The lowest BCUT2D eigenvalue weighted by Crippen LogP contribution is -2.61. The molecule has 14 atom stereocenters. The van der Waals surface area contributed by atoms with Crippen molar-refractivity contribution in [2.45, 2.75) is 87.7 Å². The van der Waals surface area contributed by atoms with E-state index in [2.05, 4.69) is 0 Å². The van der Waals surface area contributed by atoms with Gasteiger partial charge in [-0.3, -0.25) is 4.79 Å². The van der Waals surface area contributed by atoms with E-state index in [1.54, 1.807) is 36.4 Å². The first-order chi connectivity index (χ1) is 23.4. The monoisotopic (exact) mass is 694 g/mol. The maximum atomic E-state index is 12.9. The lowest BCUT2D eigenvalue weighted by molar-refractivity contribution is -0.341. The van der Waals surface area contributed by atoms with Gasteiger partial charge < -0.3 is 68.5 Å². The van der Waals surface area contributed by atoms with Crippen LogP contribution in [0.5, 0.6) is 5.75 Å². The third-order valence-electron chi connectivity index (χ3n) is 8.84. The van der Waals surface area contributed by atoms with Crippen LogP contribution in [-0.2, 0) is 42.7 Å². The number of benzene rings is 1. The Morgan fingerprint density at radius 3 is 2.27 bits per heavy atom. The number of aliphatic hydroxyl groups excluding tert-OH is 6. The molecule has 4 aliphatic rings. The molecule has 1 aromatic carbocycles. The van der Waals surface area contributed by atoms with Gasteiger partial charge in [-0.1, -0.05) is 18.2 Å². The average molecular weight is 695 g/mol. The smallest absolute Gasteiger partial charge is 0.331 e. The van der Waals surface area contributed by atoms with E-state index in [-0.39, 0.29) is 0 Å². The number of rotatable bonds is 11. The lowest BCUT2D eigenvalue weighted by atomic mass is 9.88. The Balaban J connectivity index is 1.32. The Kier molecular flexibility index (Phi) is 12.1. The zero-order valence-electron chi connectivity index (χ0n) is 27.0. The summed E-state index contributed by atoms with van der Waals surface area (Å²) in [5.74, 6) is -2.25. The van der Waals surface area contributed by atoms with Gasteiger partial charge in [0.15, 0.2) is 24.8 Å². The number of fused-ring (bicyclic) bond motifs is 1. The molecular weight excluding hydrogens is 652 g/mol. The van der Waals surface area contributed by atoms with Crippen molar-refractivity contribution in [3.63, 3.8) is 0 Å². The molecule has 49 heavy (non-hydrogen) atoms. The second-order valence-electron chi connectivity index (χ2n) is 12.1. The Morgan fingerprint density at radius 2 is 1.61 bits per heavy atom. The van der Waals surface area contributed by atoms with Crippen molar-refractivity contribution >= 4 is 18.0 Å². The van der Waals surface area contributed by atoms with Gasteiger partial charge in [0.2, 0.25) is 6.29 Å². The second-order valence-corrected chi connectivity index (χ2v) is 12.1. The number of ether oxygens (including phenoxy) is 8. The highest BCUT2D eigenvalue weighted by Crippen LogP contribution is 2.43. The first-order valence-corrected chi connectivity index (χ1v) is 15.7. The van der Waals surface area contributed by atoms with Gasteiger partial charge in [-0.25, -0.2) is 4.79 Å². The third-order valence-corrected chi connectivity index (χ3v) is 8.84. The molecular formula is C33H42O16. The van der Waals surface area contributed by atoms with Crippen LogP contribution >= 0.6 is 0 Å². The summed E-state index contributed by atoms with van der Waals surface area (Å²) < 4.78 is 45.5. The maximum Gasteiger partial charge on any atom is 0.331 e. The van der Waals surface area contributed by atoms with Crippen molar-refractivity contribution in [1.82, 2.24) is 0 Å². The molecule has 0 spiro atoms. The van der Waals surface area contributed by atoms with E-state index in [1.807, 2.05) is 0 Å². The summed E-state index contributed by atoms with van der Waals surface area (Å²) in [4.78, 5) is 25.1. The number of hydrogen-bond donors (Lipinski definition) is 6. The lowest BCUT2D eigenvalue weighted by Gasteiger charge is -2.44. The van der Waals surface area contributed by atoms with E-state index in [4.69, 9.17) is 37.9 Å². The van der Waals surface area contributed by atoms with Crippen LogP contribution in [0.4, 0.5) is 0 Å². The fourth-order valence-corrected chi connectivity index (χ4v) is 6.24. The highest BCUT2D eigenvalue weighted by Gasteiger charge is 2.53. The summed E-state index contributed by atoms with van der Waals surface area (Å²) in [6.45, 7) is 1.56. The average Bonchev–Trinajstić information content (AvgIpc) is 3.46. The summed E-state index contributed by atoms with van der Waals surface area (Å²) in [5.41, 5.74) is 1.09. The Morgan fingerprint density at radius 1 is 0.878 bits per heavy atom. The van der Waals surface area contributed by atoms with Crippen LogP contribution in [-0.4, -0.2) is 137 Å². The van der Waals surface area contributed by atoms with Crippen LogP contribution in [0, 0.1) is 11.8 Å². The minimum Gasteiger partial charge on any atom is -0.497 e. The normalized spacial score (nSPS) is 38.8. The van der Waals surface area contributed by atoms with Gasteiger partial charge in [-0.05, 0) is 42.3 Å². The molecule has 3 aliphatic heterocycles. The zero-order valence-corrected chi connectivity index (χ0v) is 27.0. The Labute approximate surface area is 281 Å². The van der Waals surface area contributed by atoms with Crippen LogP contribution in [0.3, 0.4) is 0 Å². The molecule has 5 rings (SSSR count). The number of carbonyl (C=O) groups excluding carboxylic acids is 2. The predicted octanol–water partition coefficient (Wildman–Crippen LogP) is -1.11. The number of carbonyl (C=O) groups is 2. The number of methoxy groups -OCH3 is 1. The van der Waals surface area contributed by atoms with Gasteiger partial charge in [0.25, 0.3) is 0 Å². The molecule has 0 saturated carbocycles. The van der Waals surface area contributed by atoms with E-state index in [9.17, 15) is 40.2 Å². The SMILES string of the molecule is COc1ccc(C=CC(=O)O[C@@H]2[C@@H](O)[C@H](C)O[C@@H](O[C@@H]3C=C(CO)[C@H]4[C@H](O[C@@H]5O[C@H](CO)[C@@H](O)[C@H](O)[C@H]5O)OC=C[C@H]43)[C@@H]2OC(C)=O)cc1. The molecule has 3 heterocycles. The minimum absolute atomic E-state index is 0.411. The molecule has 270 valence electrons. The quantitative estimate of drug-likeness (QED) is 0.0917. The van der Waals surface area contributed by atoms with E-state index in [0.29, 0.717) is 16.9 Å². The summed E-state index contributed by atoms with van der Waals surface area (Å²) in [5, 5.41) is 61.6. The van der Waals surface area contributed by atoms with Gasteiger partial charge in [0, 0.05) is 18.9 Å². The molecule has 0 aromatic heterocycles. The van der Waals surface area contributed by atoms with Crippen molar-refractivity contribution in [2.24, 2.45) is 11.8 Å². The molecule has 0 radical (unpaired) electrons.